The molecular formula is C16H15NO2. The highest BCUT2D eigenvalue weighted by atomic mass is 16.5. The fourth-order valence-corrected chi connectivity index (χ4v) is 2.26. The number of methoxy groups -OCH3 is 1. The van der Waals surface area contributed by atoms with Crippen LogP contribution in [-0.4, -0.2) is 25.7 Å². The van der Waals surface area contributed by atoms with E-state index in [1.165, 1.54) is 12.7 Å². The molecule has 0 saturated carbocycles. The van der Waals surface area contributed by atoms with Crippen molar-refractivity contribution in [1.82, 2.24) is 0 Å². The summed E-state index contributed by atoms with van der Waals surface area (Å²) in [4.78, 5) is 13.5. The molecule has 1 heterocycles. The zero-order valence-electron chi connectivity index (χ0n) is 10.7. The van der Waals surface area contributed by atoms with Gasteiger partial charge in [-0.05, 0) is 23.3 Å². The van der Waals surface area contributed by atoms with Crippen LogP contribution in [0.2, 0.25) is 0 Å². The summed E-state index contributed by atoms with van der Waals surface area (Å²) in [6.45, 7) is 0.741. The number of rotatable bonds is 3. The van der Waals surface area contributed by atoms with Gasteiger partial charge in [-0.2, -0.15) is 0 Å². The Hall–Kier alpha value is -2.29. The molecule has 0 spiro atoms. The van der Waals surface area contributed by atoms with E-state index in [2.05, 4.69) is 24.3 Å². The number of hydrogen-bond donors (Lipinski definition) is 0. The van der Waals surface area contributed by atoms with Crippen LogP contribution in [-0.2, 0) is 9.53 Å². The monoisotopic (exact) mass is 253 g/mol. The van der Waals surface area contributed by atoms with E-state index in [4.69, 9.17) is 4.74 Å². The number of hydrogen-bond acceptors (Lipinski definition) is 3. The van der Waals surface area contributed by atoms with Crippen LogP contribution in [0.4, 0.5) is 5.69 Å². The Morgan fingerprint density at radius 3 is 2.58 bits per heavy atom. The molecule has 96 valence electrons. The fraction of sp³-hybridized carbons (Fsp3) is 0.188. The maximum Gasteiger partial charge on any atom is 0.330 e. The molecule has 3 heteroatoms. The fourth-order valence-electron chi connectivity index (χ4n) is 2.26. The Morgan fingerprint density at radius 1 is 1.11 bits per heavy atom. The smallest absolute Gasteiger partial charge is 0.330 e. The normalized spacial score (nSPS) is 17.1. The molecule has 3 nitrogen and oxygen atoms in total. The summed E-state index contributed by atoms with van der Waals surface area (Å²) in [6, 6.07) is 18.3. The Morgan fingerprint density at radius 2 is 1.84 bits per heavy atom. The zero-order chi connectivity index (χ0) is 13.2. The summed E-state index contributed by atoms with van der Waals surface area (Å²) < 4.78 is 4.76. The van der Waals surface area contributed by atoms with E-state index < -0.39 is 0 Å². The minimum absolute atomic E-state index is 0.115. The molecule has 19 heavy (non-hydrogen) atoms. The Balaban J connectivity index is 1.84. The highest BCUT2D eigenvalue weighted by molar-refractivity contribution is 5.87. The third kappa shape index (κ3) is 2.32. The average molecular weight is 253 g/mol. The molecule has 1 unspecified atom stereocenters. The van der Waals surface area contributed by atoms with Crippen LogP contribution in [0.25, 0.3) is 11.1 Å². The van der Waals surface area contributed by atoms with E-state index in [0.717, 1.165) is 17.8 Å². The predicted molar refractivity (Wildman–Crippen MR) is 75.0 cm³/mol. The van der Waals surface area contributed by atoms with Crippen LogP contribution in [0, 0.1) is 0 Å². The molecule has 1 saturated heterocycles. The molecule has 0 N–H and O–H groups in total. The van der Waals surface area contributed by atoms with Crippen molar-refractivity contribution < 1.29 is 9.53 Å². The number of carbonyl (C=O) groups excluding carboxylic acids is 1. The second-order valence-electron chi connectivity index (χ2n) is 4.61. The number of carbonyl (C=O) groups is 1. The van der Waals surface area contributed by atoms with Crippen molar-refractivity contribution in [1.29, 1.82) is 0 Å². The van der Waals surface area contributed by atoms with Gasteiger partial charge in [0.15, 0.2) is 0 Å². The highest BCUT2D eigenvalue weighted by Crippen LogP contribution is 2.31. The Kier molecular flexibility index (Phi) is 2.95. The minimum Gasteiger partial charge on any atom is -0.467 e. The summed E-state index contributed by atoms with van der Waals surface area (Å²) in [5, 5.41) is 0. The van der Waals surface area contributed by atoms with Crippen LogP contribution in [0.15, 0.2) is 54.6 Å². The maximum absolute atomic E-state index is 11.4. The quantitative estimate of drug-likeness (QED) is 0.622. The van der Waals surface area contributed by atoms with Crippen molar-refractivity contribution in [2.45, 2.75) is 6.04 Å². The zero-order valence-corrected chi connectivity index (χ0v) is 10.7. The lowest BCUT2D eigenvalue weighted by atomic mass is 10.1. The third-order valence-electron chi connectivity index (χ3n) is 3.37. The number of ether oxygens (including phenoxy) is 1. The van der Waals surface area contributed by atoms with Gasteiger partial charge in [0.1, 0.15) is 6.04 Å². The van der Waals surface area contributed by atoms with Crippen molar-refractivity contribution in [3.05, 3.63) is 54.6 Å². The molecule has 2 aromatic carbocycles. The number of nitrogens with zero attached hydrogens (tertiary/aromatic N) is 1. The first-order valence-electron chi connectivity index (χ1n) is 6.29. The molecule has 0 amide bonds. The van der Waals surface area contributed by atoms with Gasteiger partial charge in [0.05, 0.1) is 13.7 Å². The molecule has 0 bridgehead atoms. The molecular weight excluding hydrogens is 238 g/mol. The van der Waals surface area contributed by atoms with Gasteiger partial charge in [-0.3, -0.25) is 0 Å². The van der Waals surface area contributed by atoms with E-state index >= 15 is 0 Å². The summed E-state index contributed by atoms with van der Waals surface area (Å²) in [5.74, 6) is -0.162. The minimum atomic E-state index is -0.162. The summed E-state index contributed by atoms with van der Waals surface area (Å²) in [6.07, 6.45) is 0. The molecule has 1 atom stereocenters. The van der Waals surface area contributed by atoms with Crippen molar-refractivity contribution in [3.63, 3.8) is 0 Å². The van der Waals surface area contributed by atoms with Crippen LogP contribution >= 0.6 is 0 Å². The molecule has 1 aliphatic rings. The first-order valence-corrected chi connectivity index (χ1v) is 6.29. The van der Waals surface area contributed by atoms with Crippen LogP contribution in [0.1, 0.15) is 0 Å². The summed E-state index contributed by atoms with van der Waals surface area (Å²) in [5.41, 5.74) is 3.41. The van der Waals surface area contributed by atoms with E-state index in [1.807, 2.05) is 35.2 Å². The topological polar surface area (TPSA) is 29.3 Å². The van der Waals surface area contributed by atoms with E-state index in [9.17, 15) is 4.79 Å². The predicted octanol–water partition coefficient (Wildman–Crippen LogP) is 2.72. The van der Waals surface area contributed by atoms with Crippen LogP contribution < -0.4 is 4.90 Å². The molecule has 1 aliphatic heterocycles. The lowest BCUT2D eigenvalue weighted by Gasteiger charge is -2.08. The highest BCUT2D eigenvalue weighted by Gasteiger charge is 2.41. The molecule has 0 aromatic heterocycles. The SMILES string of the molecule is COC(=O)C1CN1c1cccc(-c2ccccc2)c1. The van der Waals surface area contributed by atoms with Crippen molar-refractivity contribution >= 4 is 11.7 Å². The van der Waals surface area contributed by atoms with Crippen molar-refractivity contribution in [3.8, 4) is 11.1 Å². The largest absolute Gasteiger partial charge is 0.467 e. The van der Waals surface area contributed by atoms with Gasteiger partial charge >= 0.3 is 5.97 Å². The summed E-state index contributed by atoms with van der Waals surface area (Å²) >= 11 is 0. The Labute approximate surface area is 112 Å². The second kappa shape index (κ2) is 4.76. The van der Waals surface area contributed by atoms with E-state index in [1.54, 1.807) is 0 Å². The average Bonchev–Trinajstić information content (AvgIpc) is 3.28. The number of esters is 1. The van der Waals surface area contributed by atoms with Gasteiger partial charge in [0.2, 0.25) is 0 Å². The molecule has 3 rings (SSSR count). The number of benzene rings is 2. The Bertz CT molecular complexity index is 595. The lowest BCUT2D eigenvalue weighted by molar-refractivity contribution is -0.139. The first-order chi connectivity index (χ1) is 9.29. The molecule has 0 radical (unpaired) electrons. The van der Waals surface area contributed by atoms with Gasteiger partial charge in [-0.15, -0.1) is 0 Å². The van der Waals surface area contributed by atoms with Crippen molar-refractivity contribution in [2.24, 2.45) is 0 Å². The van der Waals surface area contributed by atoms with Gasteiger partial charge in [0.25, 0.3) is 0 Å². The standard InChI is InChI=1S/C16H15NO2/c1-19-16(18)15-11-17(15)14-9-5-8-13(10-14)12-6-3-2-4-7-12/h2-10,15H,11H2,1H3. The summed E-state index contributed by atoms with van der Waals surface area (Å²) in [7, 11) is 1.43. The molecule has 1 fully saturated rings. The molecule has 2 aromatic rings. The first kappa shape index (κ1) is 11.8. The van der Waals surface area contributed by atoms with Gasteiger partial charge in [-0.1, -0.05) is 42.5 Å². The third-order valence-corrected chi connectivity index (χ3v) is 3.37. The van der Waals surface area contributed by atoms with Crippen molar-refractivity contribution in [2.75, 3.05) is 18.6 Å². The van der Waals surface area contributed by atoms with E-state index in [-0.39, 0.29) is 12.0 Å². The second-order valence-corrected chi connectivity index (χ2v) is 4.61. The van der Waals surface area contributed by atoms with Gasteiger partial charge in [0, 0.05) is 5.69 Å². The van der Waals surface area contributed by atoms with Crippen LogP contribution in [0.5, 0.6) is 0 Å². The van der Waals surface area contributed by atoms with Crippen LogP contribution in [0.3, 0.4) is 0 Å². The number of anilines is 1. The van der Waals surface area contributed by atoms with Gasteiger partial charge < -0.3 is 9.64 Å². The maximum atomic E-state index is 11.4. The van der Waals surface area contributed by atoms with Gasteiger partial charge in [-0.25, -0.2) is 4.79 Å². The molecule has 0 aliphatic carbocycles. The van der Waals surface area contributed by atoms with E-state index in [0.29, 0.717) is 0 Å². The lowest BCUT2D eigenvalue weighted by Crippen LogP contribution is -2.13.